The number of halogens is 1. The Morgan fingerprint density at radius 1 is 1.28 bits per heavy atom. The van der Waals surface area contributed by atoms with Crippen LogP contribution in [-0.2, 0) is 12.3 Å². The molecule has 25 heavy (non-hydrogen) atoms. The monoisotopic (exact) mass is 392 g/mol. The molecule has 0 saturated carbocycles. The van der Waals surface area contributed by atoms with Gasteiger partial charge in [0.05, 0.1) is 0 Å². The number of thiophene rings is 1. The van der Waals surface area contributed by atoms with Gasteiger partial charge >= 0.3 is 0 Å². The Labute approximate surface area is 159 Å². The fourth-order valence-electron chi connectivity index (χ4n) is 2.27. The highest BCUT2D eigenvalue weighted by Gasteiger charge is 2.13. The summed E-state index contributed by atoms with van der Waals surface area (Å²) in [5.74, 6) is 0.971. The lowest BCUT2D eigenvalue weighted by Gasteiger charge is -2.12. The molecule has 2 aromatic heterocycles. The van der Waals surface area contributed by atoms with Crippen LogP contribution in [0.3, 0.4) is 0 Å². The Morgan fingerprint density at radius 3 is 2.84 bits per heavy atom. The van der Waals surface area contributed by atoms with E-state index < -0.39 is 0 Å². The Hall–Kier alpha value is -1.83. The minimum atomic E-state index is -0.189. The van der Waals surface area contributed by atoms with E-state index in [1.54, 1.807) is 15.9 Å². The summed E-state index contributed by atoms with van der Waals surface area (Å²) < 4.78 is 1.63. The highest BCUT2D eigenvalue weighted by molar-refractivity contribution is 7.98. The van der Waals surface area contributed by atoms with Gasteiger partial charge in [-0.3, -0.25) is 9.36 Å². The van der Waals surface area contributed by atoms with Crippen LogP contribution in [0.15, 0.2) is 45.7 Å². The van der Waals surface area contributed by atoms with Gasteiger partial charge in [-0.05, 0) is 43.0 Å². The van der Waals surface area contributed by atoms with Gasteiger partial charge in [0, 0.05) is 27.9 Å². The van der Waals surface area contributed by atoms with Crippen LogP contribution in [-0.4, -0.2) is 14.8 Å². The van der Waals surface area contributed by atoms with Gasteiger partial charge in [0.25, 0.3) is 5.56 Å². The van der Waals surface area contributed by atoms with Crippen molar-refractivity contribution in [1.29, 1.82) is 0 Å². The van der Waals surface area contributed by atoms with Crippen molar-refractivity contribution in [3.63, 3.8) is 0 Å². The summed E-state index contributed by atoms with van der Waals surface area (Å²) in [4.78, 5) is 14.0. The van der Waals surface area contributed by atoms with Crippen molar-refractivity contribution in [3.05, 3.63) is 61.5 Å². The van der Waals surface area contributed by atoms with Crippen LogP contribution in [0.25, 0.3) is 0 Å². The van der Waals surface area contributed by atoms with Gasteiger partial charge in [0.2, 0.25) is 5.82 Å². The first-order chi connectivity index (χ1) is 12.1. The molecular weight excluding hydrogens is 376 g/mol. The Balaban J connectivity index is 1.86. The van der Waals surface area contributed by atoms with E-state index in [1.807, 2.05) is 43.5 Å². The third-order valence-corrected chi connectivity index (χ3v) is 6.16. The molecule has 0 aliphatic carbocycles. The average Bonchev–Trinajstić information content (AvgIpc) is 3.12. The number of nitrogens with zero attached hydrogens (tertiary/aromatic N) is 3. The highest BCUT2D eigenvalue weighted by Crippen LogP contribution is 2.25. The van der Waals surface area contributed by atoms with E-state index in [0.717, 1.165) is 17.0 Å². The van der Waals surface area contributed by atoms with Crippen molar-refractivity contribution in [2.75, 3.05) is 5.32 Å². The maximum Gasteiger partial charge on any atom is 0.297 e. The SMILES string of the molecule is CCn1c(SCc2cccs2)nnc(Nc2cccc(Cl)c2C)c1=O. The Kier molecular flexibility index (Phi) is 5.78. The number of aromatic nitrogens is 3. The molecule has 2 heterocycles. The van der Waals surface area contributed by atoms with Crippen molar-refractivity contribution in [2.24, 2.45) is 0 Å². The van der Waals surface area contributed by atoms with Gasteiger partial charge in [-0.1, -0.05) is 35.5 Å². The predicted molar refractivity (Wildman–Crippen MR) is 105 cm³/mol. The fourth-order valence-corrected chi connectivity index (χ4v) is 4.22. The molecule has 0 aliphatic rings. The first kappa shape index (κ1) is 18.0. The maximum absolute atomic E-state index is 12.7. The van der Waals surface area contributed by atoms with Crippen molar-refractivity contribution in [1.82, 2.24) is 14.8 Å². The molecule has 0 aliphatic heterocycles. The second-order valence-electron chi connectivity index (χ2n) is 5.29. The lowest BCUT2D eigenvalue weighted by Crippen LogP contribution is -2.26. The van der Waals surface area contributed by atoms with Crippen LogP contribution in [0.1, 0.15) is 17.4 Å². The second-order valence-corrected chi connectivity index (χ2v) is 7.67. The predicted octanol–water partition coefficient (Wildman–Crippen LogP) is 4.72. The zero-order valence-electron chi connectivity index (χ0n) is 13.8. The third kappa shape index (κ3) is 4.05. The van der Waals surface area contributed by atoms with Crippen molar-refractivity contribution in [2.45, 2.75) is 31.3 Å². The van der Waals surface area contributed by atoms with E-state index in [4.69, 9.17) is 11.6 Å². The van der Waals surface area contributed by atoms with Gasteiger partial charge in [-0.2, -0.15) is 0 Å². The molecule has 0 radical (unpaired) electrons. The largest absolute Gasteiger partial charge is 0.334 e. The molecule has 3 aromatic rings. The Morgan fingerprint density at radius 2 is 2.12 bits per heavy atom. The molecule has 130 valence electrons. The molecule has 0 spiro atoms. The first-order valence-corrected chi connectivity index (χ1v) is 9.99. The number of hydrogen-bond acceptors (Lipinski definition) is 6. The first-order valence-electron chi connectivity index (χ1n) is 7.75. The number of rotatable bonds is 6. The fraction of sp³-hybridized carbons (Fsp3) is 0.235. The number of benzene rings is 1. The molecule has 8 heteroatoms. The van der Waals surface area contributed by atoms with Crippen molar-refractivity contribution < 1.29 is 0 Å². The molecule has 0 unspecified atom stereocenters. The van der Waals surface area contributed by atoms with E-state index >= 15 is 0 Å². The zero-order valence-corrected chi connectivity index (χ0v) is 16.2. The maximum atomic E-state index is 12.7. The zero-order chi connectivity index (χ0) is 17.8. The molecule has 0 atom stereocenters. The van der Waals surface area contributed by atoms with E-state index in [-0.39, 0.29) is 11.4 Å². The Bertz CT molecular complexity index is 925. The van der Waals surface area contributed by atoms with Crippen LogP contribution < -0.4 is 10.9 Å². The highest BCUT2D eigenvalue weighted by atomic mass is 35.5. The van der Waals surface area contributed by atoms with Gasteiger partial charge < -0.3 is 5.32 Å². The van der Waals surface area contributed by atoms with Gasteiger partial charge in [0.15, 0.2) is 5.16 Å². The number of thioether (sulfide) groups is 1. The van der Waals surface area contributed by atoms with Gasteiger partial charge in [0.1, 0.15) is 0 Å². The number of hydrogen-bond donors (Lipinski definition) is 1. The van der Waals surface area contributed by atoms with Crippen LogP contribution in [0.5, 0.6) is 0 Å². The molecule has 0 saturated heterocycles. The summed E-state index contributed by atoms with van der Waals surface area (Å²) in [5.41, 5.74) is 1.43. The van der Waals surface area contributed by atoms with Crippen molar-refractivity contribution >= 4 is 46.2 Å². The molecule has 1 N–H and O–H groups in total. The van der Waals surface area contributed by atoms with Crippen LogP contribution in [0.4, 0.5) is 11.5 Å². The molecule has 3 rings (SSSR count). The second kappa shape index (κ2) is 8.03. The summed E-state index contributed by atoms with van der Waals surface area (Å²) >= 11 is 9.33. The van der Waals surface area contributed by atoms with Crippen LogP contribution in [0.2, 0.25) is 5.02 Å². The molecule has 0 fully saturated rings. The minimum absolute atomic E-state index is 0.189. The molecule has 0 bridgehead atoms. The third-order valence-electron chi connectivity index (χ3n) is 3.67. The molecule has 0 amide bonds. The van der Waals surface area contributed by atoms with Crippen LogP contribution >= 0.6 is 34.7 Å². The van der Waals surface area contributed by atoms with E-state index in [2.05, 4.69) is 21.6 Å². The van der Waals surface area contributed by atoms with E-state index in [1.165, 1.54) is 16.6 Å². The lowest BCUT2D eigenvalue weighted by atomic mass is 10.2. The van der Waals surface area contributed by atoms with E-state index in [9.17, 15) is 4.79 Å². The summed E-state index contributed by atoms with van der Waals surface area (Å²) in [6.45, 7) is 4.35. The molecule has 1 aromatic carbocycles. The number of nitrogens with one attached hydrogen (secondary N) is 1. The van der Waals surface area contributed by atoms with Gasteiger partial charge in [-0.15, -0.1) is 21.5 Å². The van der Waals surface area contributed by atoms with Crippen LogP contribution in [0, 0.1) is 6.92 Å². The number of anilines is 2. The normalized spacial score (nSPS) is 10.8. The van der Waals surface area contributed by atoms with Crippen molar-refractivity contribution in [3.8, 4) is 0 Å². The standard InChI is InChI=1S/C17H17ClN4OS2/c1-3-22-16(23)15(19-14-8-4-7-13(18)11(14)2)20-21-17(22)25-10-12-6-5-9-24-12/h4-9H,3,10H2,1-2H3,(H,19,20). The minimum Gasteiger partial charge on any atom is -0.334 e. The quantitative estimate of drug-likeness (QED) is 0.615. The van der Waals surface area contributed by atoms with E-state index in [0.29, 0.717) is 16.7 Å². The molecular formula is C17H17ClN4OS2. The topological polar surface area (TPSA) is 59.8 Å². The summed E-state index contributed by atoms with van der Waals surface area (Å²) in [6, 6.07) is 9.58. The summed E-state index contributed by atoms with van der Waals surface area (Å²) in [7, 11) is 0. The average molecular weight is 393 g/mol. The van der Waals surface area contributed by atoms with Gasteiger partial charge in [-0.25, -0.2) is 0 Å². The lowest BCUT2D eigenvalue weighted by molar-refractivity contribution is 0.597. The smallest absolute Gasteiger partial charge is 0.297 e. The summed E-state index contributed by atoms with van der Waals surface area (Å²) in [5, 5.41) is 14.7. The summed E-state index contributed by atoms with van der Waals surface area (Å²) in [6.07, 6.45) is 0. The molecule has 5 nitrogen and oxygen atoms in total.